The Bertz CT molecular complexity index is 1040. The molecule has 36 heavy (non-hydrogen) atoms. The summed E-state index contributed by atoms with van der Waals surface area (Å²) in [5.74, 6) is 1.50. The maximum Gasteiger partial charge on any atom is 0.320 e. The molecular weight excluding hydrogens is 459 g/mol. The Morgan fingerprint density at radius 3 is 2.53 bits per heavy atom. The van der Waals surface area contributed by atoms with Crippen molar-refractivity contribution in [1.29, 1.82) is 0 Å². The number of rotatable bonds is 6. The van der Waals surface area contributed by atoms with Crippen LogP contribution in [-0.2, 0) is 9.53 Å². The monoisotopic (exact) mass is 494 g/mol. The Balaban J connectivity index is 1.26. The van der Waals surface area contributed by atoms with Crippen molar-refractivity contribution >= 4 is 11.8 Å². The van der Waals surface area contributed by atoms with Crippen molar-refractivity contribution < 1.29 is 23.5 Å². The molecular formula is C29H35FN2O4. The second-order valence-corrected chi connectivity index (χ2v) is 10.2. The zero-order valence-electron chi connectivity index (χ0n) is 20.7. The predicted octanol–water partition coefficient (Wildman–Crippen LogP) is 4.68. The number of ketones is 1. The van der Waals surface area contributed by atoms with Gasteiger partial charge in [0.2, 0.25) is 0 Å². The topological polar surface area (TPSA) is 59.1 Å². The van der Waals surface area contributed by atoms with Gasteiger partial charge >= 0.3 is 6.03 Å². The second kappa shape index (κ2) is 11.4. The molecule has 3 aliphatic rings. The number of benzene rings is 2. The van der Waals surface area contributed by atoms with Gasteiger partial charge in [-0.05, 0) is 48.4 Å². The number of fused-ring (bicyclic) bond motifs is 1. The van der Waals surface area contributed by atoms with E-state index < -0.39 is 6.67 Å². The number of alkyl halides is 1. The molecule has 0 aromatic heterocycles. The fourth-order valence-corrected chi connectivity index (χ4v) is 6.13. The molecule has 0 saturated carbocycles. The van der Waals surface area contributed by atoms with E-state index in [9.17, 15) is 14.0 Å². The predicted molar refractivity (Wildman–Crippen MR) is 135 cm³/mol. The molecule has 3 aliphatic heterocycles. The summed E-state index contributed by atoms with van der Waals surface area (Å²) in [6.07, 6.45) is 3.24. The maximum absolute atomic E-state index is 13.3. The number of piperidine rings is 2. The van der Waals surface area contributed by atoms with Gasteiger partial charge in [-0.2, -0.15) is 0 Å². The zero-order valence-corrected chi connectivity index (χ0v) is 20.7. The number of hydrogen-bond acceptors (Lipinski definition) is 4. The summed E-state index contributed by atoms with van der Waals surface area (Å²) in [5, 5.41) is 0. The molecule has 3 heterocycles. The van der Waals surface area contributed by atoms with E-state index in [0.29, 0.717) is 44.3 Å². The molecule has 2 aromatic carbocycles. The SMILES string of the molecule is O=C1CO[C@H]2CCN(C(=O)N3CCC([C@@H](c4ccccc4)c4cccc(OCCF)c4)CC3)C[C@H]2C1. The fraction of sp³-hybridized carbons (Fsp3) is 0.517. The average molecular weight is 495 g/mol. The van der Waals surface area contributed by atoms with Gasteiger partial charge in [0.15, 0.2) is 5.78 Å². The Hall–Kier alpha value is -2.93. The molecule has 5 rings (SSSR count). The highest BCUT2D eigenvalue weighted by atomic mass is 19.1. The Morgan fingerprint density at radius 1 is 1.00 bits per heavy atom. The third-order valence-electron chi connectivity index (χ3n) is 7.89. The van der Waals surface area contributed by atoms with Crippen LogP contribution in [0.15, 0.2) is 54.6 Å². The summed E-state index contributed by atoms with van der Waals surface area (Å²) in [7, 11) is 0. The van der Waals surface area contributed by atoms with Crippen molar-refractivity contribution in [3.63, 3.8) is 0 Å². The van der Waals surface area contributed by atoms with Crippen molar-refractivity contribution in [2.45, 2.75) is 37.7 Å². The number of urea groups is 1. The van der Waals surface area contributed by atoms with Crippen LogP contribution in [0, 0.1) is 11.8 Å². The van der Waals surface area contributed by atoms with Crippen LogP contribution in [0.25, 0.3) is 0 Å². The smallest absolute Gasteiger partial charge is 0.320 e. The molecule has 2 amide bonds. The van der Waals surface area contributed by atoms with Crippen LogP contribution >= 0.6 is 0 Å². The van der Waals surface area contributed by atoms with E-state index in [1.807, 2.05) is 34.1 Å². The second-order valence-electron chi connectivity index (χ2n) is 10.2. The van der Waals surface area contributed by atoms with Crippen LogP contribution < -0.4 is 4.74 Å². The lowest BCUT2D eigenvalue weighted by molar-refractivity contribution is -0.140. The molecule has 6 nitrogen and oxygen atoms in total. The fourth-order valence-electron chi connectivity index (χ4n) is 6.13. The van der Waals surface area contributed by atoms with Crippen LogP contribution in [-0.4, -0.2) is 73.8 Å². The van der Waals surface area contributed by atoms with Gasteiger partial charge in [-0.3, -0.25) is 4.79 Å². The van der Waals surface area contributed by atoms with Crippen LogP contribution in [0.3, 0.4) is 0 Å². The minimum atomic E-state index is -0.513. The first kappa shape index (κ1) is 24.8. The number of amides is 2. The number of halogens is 1. The largest absolute Gasteiger partial charge is 0.491 e. The third kappa shape index (κ3) is 5.56. The molecule has 7 heteroatoms. The van der Waals surface area contributed by atoms with Gasteiger partial charge in [0.05, 0.1) is 6.10 Å². The number of ether oxygens (including phenoxy) is 2. The van der Waals surface area contributed by atoms with E-state index in [1.54, 1.807) is 0 Å². The van der Waals surface area contributed by atoms with Crippen LogP contribution in [0.5, 0.6) is 5.75 Å². The van der Waals surface area contributed by atoms with Gasteiger partial charge in [0, 0.05) is 44.4 Å². The number of carbonyl (C=O) groups excluding carboxylic acids is 2. The van der Waals surface area contributed by atoms with Crippen LogP contribution in [0.1, 0.15) is 42.7 Å². The normalized spacial score (nSPS) is 23.8. The van der Waals surface area contributed by atoms with Crippen molar-refractivity contribution in [2.24, 2.45) is 11.8 Å². The molecule has 3 saturated heterocycles. The lowest BCUT2D eigenvalue weighted by atomic mass is 9.76. The van der Waals surface area contributed by atoms with E-state index >= 15 is 0 Å². The molecule has 0 unspecified atom stereocenters. The summed E-state index contributed by atoms with van der Waals surface area (Å²) in [4.78, 5) is 29.1. The number of hydrogen-bond donors (Lipinski definition) is 0. The van der Waals surface area contributed by atoms with Gasteiger partial charge < -0.3 is 19.3 Å². The number of carbonyl (C=O) groups is 2. The summed E-state index contributed by atoms with van der Waals surface area (Å²) in [5.41, 5.74) is 2.40. The molecule has 0 radical (unpaired) electrons. The first-order valence-electron chi connectivity index (χ1n) is 13.1. The molecule has 0 aliphatic carbocycles. The van der Waals surface area contributed by atoms with Gasteiger partial charge in [-0.15, -0.1) is 0 Å². The number of likely N-dealkylation sites (tertiary alicyclic amines) is 2. The minimum absolute atomic E-state index is 0.0539. The van der Waals surface area contributed by atoms with Gasteiger partial charge in [-0.25, -0.2) is 9.18 Å². The van der Waals surface area contributed by atoms with E-state index in [4.69, 9.17) is 9.47 Å². The molecule has 192 valence electrons. The summed E-state index contributed by atoms with van der Waals surface area (Å²) >= 11 is 0. The lowest BCUT2D eigenvalue weighted by Gasteiger charge is -2.43. The first-order chi connectivity index (χ1) is 17.6. The van der Waals surface area contributed by atoms with E-state index in [1.165, 1.54) is 5.56 Å². The standard InChI is InChI=1S/C29H35FN2O4/c30-12-16-35-26-8-4-7-23(18-26)28(21-5-2-1-3-6-21)22-9-13-31(14-10-22)29(34)32-15-11-27-24(19-32)17-25(33)20-36-27/h1-8,18,22,24,27-28H,9-17,19-20H2/t24-,27+,28-/m1/s1. The molecule has 3 fully saturated rings. The van der Waals surface area contributed by atoms with Gasteiger partial charge in [0.25, 0.3) is 0 Å². The Morgan fingerprint density at radius 2 is 1.75 bits per heavy atom. The highest BCUT2D eigenvalue weighted by Crippen LogP contribution is 2.39. The van der Waals surface area contributed by atoms with Crippen molar-refractivity contribution in [1.82, 2.24) is 9.80 Å². The maximum atomic E-state index is 13.3. The highest BCUT2D eigenvalue weighted by Gasteiger charge is 2.39. The first-order valence-corrected chi connectivity index (χ1v) is 13.1. The average Bonchev–Trinajstić information content (AvgIpc) is 2.92. The van der Waals surface area contributed by atoms with Gasteiger partial charge in [-0.1, -0.05) is 42.5 Å². The Labute approximate surface area is 212 Å². The lowest BCUT2D eigenvalue weighted by Crippen LogP contribution is -2.54. The van der Waals surface area contributed by atoms with Crippen molar-refractivity contribution in [2.75, 3.05) is 46.1 Å². The number of nitrogens with zero attached hydrogens (tertiary/aromatic N) is 2. The highest BCUT2D eigenvalue weighted by molar-refractivity contribution is 5.81. The van der Waals surface area contributed by atoms with Crippen molar-refractivity contribution in [3.05, 3.63) is 65.7 Å². The van der Waals surface area contributed by atoms with Gasteiger partial charge in [0.1, 0.15) is 25.6 Å². The van der Waals surface area contributed by atoms with E-state index in [0.717, 1.165) is 24.8 Å². The van der Waals surface area contributed by atoms with Crippen LogP contribution in [0.2, 0.25) is 0 Å². The van der Waals surface area contributed by atoms with Crippen LogP contribution in [0.4, 0.5) is 9.18 Å². The Kier molecular flexibility index (Phi) is 7.85. The molecule has 3 atom stereocenters. The number of Topliss-reactive ketones (excluding diaryl/α,β-unsaturated/α-hetero) is 1. The van der Waals surface area contributed by atoms with E-state index in [-0.39, 0.29) is 43.0 Å². The summed E-state index contributed by atoms with van der Waals surface area (Å²) in [6.45, 7) is 2.48. The molecule has 2 aromatic rings. The summed E-state index contributed by atoms with van der Waals surface area (Å²) < 4.78 is 23.9. The molecule has 0 N–H and O–H groups in total. The molecule has 0 bridgehead atoms. The minimum Gasteiger partial charge on any atom is -0.491 e. The summed E-state index contributed by atoms with van der Waals surface area (Å²) in [6, 6.07) is 18.6. The molecule has 0 spiro atoms. The zero-order chi connectivity index (χ0) is 24.9. The third-order valence-corrected chi connectivity index (χ3v) is 7.89. The van der Waals surface area contributed by atoms with E-state index in [2.05, 4.69) is 30.3 Å². The van der Waals surface area contributed by atoms with Crippen molar-refractivity contribution in [3.8, 4) is 5.75 Å². The quantitative estimate of drug-likeness (QED) is 0.585.